The number of aliphatic carboxylic acids is 1. The van der Waals surface area contributed by atoms with E-state index in [0.717, 1.165) is 0 Å². The summed E-state index contributed by atoms with van der Waals surface area (Å²) in [6.45, 7) is 0.473. The standard InChI is InChI=1S/C16H15ClN2O7/c1-7-8-2-10(17)11(20)4-12(8)26-16(25)9(7)3-13(21)18-5-14(22)19-6-15(23)24/h2,4,20H,3,5-6H2,1H3,(H,18,21)(H,19,22)(H,23,24)/p-1. The first kappa shape index (κ1) is 19.3. The number of halogens is 1. The molecule has 1 aromatic heterocycles. The van der Waals surface area contributed by atoms with Crippen molar-refractivity contribution >= 4 is 40.4 Å². The minimum absolute atomic E-state index is 0.0643. The number of nitrogens with one attached hydrogen (secondary N) is 2. The van der Waals surface area contributed by atoms with Crippen LogP contribution in [0.25, 0.3) is 11.0 Å². The van der Waals surface area contributed by atoms with Crippen molar-refractivity contribution in [2.75, 3.05) is 13.1 Å². The van der Waals surface area contributed by atoms with Gasteiger partial charge in [0.15, 0.2) is 0 Å². The summed E-state index contributed by atoms with van der Waals surface area (Å²) in [4.78, 5) is 45.6. The lowest BCUT2D eigenvalue weighted by Gasteiger charge is -2.10. The Balaban J connectivity index is 2.14. The van der Waals surface area contributed by atoms with Gasteiger partial charge in [-0.2, -0.15) is 0 Å². The summed E-state index contributed by atoms with van der Waals surface area (Å²) in [7, 11) is 0. The van der Waals surface area contributed by atoms with Gasteiger partial charge in [-0.25, -0.2) is 4.79 Å². The number of hydrogen-bond acceptors (Lipinski definition) is 7. The molecule has 0 aliphatic rings. The molecule has 0 fully saturated rings. The Labute approximate surface area is 151 Å². The van der Waals surface area contributed by atoms with Gasteiger partial charge in [0.05, 0.1) is 36.1 Å². The molecule has 0 radical (unpaired) electrons. The van der Waals surface area contributed by atoms with Crippen molar-refractivity contribution in [2.24, 2.45) is 0 Å². The Bertz CT molecular complexity index is 952. The second-order valence-corrected chi connectivity index (χ2v) is 5.80. The van der Waals surface area contributed by atoms with Gasteiger partial charge in [-0.1, -0.05) is 11.6 Å². The molecule has 3 N–H and O–H groups in total. The van der Waals surface area contributed by atoms with Gasteiger partial charge in [-0.15, -0.1) is 0 Å². The predicted octanol–water partition coefficient (Wildman–Crippen LogP) is -1.01. The minimum Gasteiger partial charge on any atom is -0.548 e. The molecular formula is C16H14ClN2O7-. The van der Waals surface area contributed by atoms with E-state index in [1.807, 2.05) is 5.32 Å². The first-order valence-electron chi connectivity index (χ1n) is 7.37. The molecule has 9 nitrogen and oxygen atoms in total. The van der Waals surface area contributed by atoms with Crippen LogP contribution < -0.4 is 21.4 Å². The number of phenols is 1. The van der Waals surface area contributed by atoms with E-state index in [-0.39, 0.29) is 28.3 Å². The van der Waals surface area contributed by atoms with Crippen LogP contribution in [0.15, 0.2) is 21.3 Å². The lowest BCUT2D eigenvalue weighted by Crippen LogP contribution is -2.43. The third kappa shape index (κ3) is 4.51. The zero-order valence-corrected chi connectivity index (χ0v) is 14.3. The van der Waals surface area contributed by atoms with Crippen molar-refractivity contribution in [3.05, 3.63) is 38.7 Å². The molecular weight excluding hydrogens is 368 g/mol. The maximum atomic E-state index is 12.1. The number of hydrogen-bond donors (Lipinski definition) is 3. The van der Waals surface area contributed by atoms with Crippen LogP contribution in [0.4, 0.5) is 0 Å². The largest absolute Gasteiger partial charge is 0.548 e. The lowest BCUT2D eigenvalue weighted by molar-refractivity contribution is -0.304. The van der Waals surface area contributed by atoms with E-state index in [9.17, 15) is 29.4 Å². The van der Waals surface area contributed by atoms with Gasteiger partial charge in [0.1, 0.15) is 11.3 Å². The smallest absolute Gasteiger partial charge is 0.340 e. The number of benzene rings is 1. The van der Waals surface area contributed by atoms with Gasteiger partial charge in [0, 0.05) is 11.5 Å². The zero-order valence-electron chi connectivity index (χ0n) is 13.6. The lowest BCUT2D eigenvalue weighted by atomic mass is 10.0. The number of aromatic hydroxyl groups is 1. The van der Waals surface area contributed by atoms with Crippen LogP contribution in [-0.2, 0) is 20.8 Å². The van der Waals surface area contributed by atoms with Crippen LogP contribution in [0.5, 0.6) is 5.75 Å². The Kier molecular flexibility index (Phi) is 5.83. The van der Waals surface area contributed by atoms with Gasteiger partial charge >= 0.3 is 5.63 Å². The maximum Gasteiger partial charge on any atom is 0.340 e. The van der Waals surface area contributed by atoms with Gasteiger partial charge in [-0.3, -0.25) is 9.59 Å². The highest BCUT2D eigenvalue weighted by molar-refractivity contribution is 6.32. The highest BCUT2D eigenvalue weighted by atomic mass is 35.5. The molecule has 0 spiro atoms. The van der Waals surface area contributed by atoms with Crippen molar-refractivity contribution < 1.29 is 29.0 Å². The summed E-state index contributed by atoms with van der Waals surface area (Å²) in [5, 5.41) is 24.6. The number of amides is 2. The Hall–Kier alpha value is -3.07. The average Bonchev–Trinajstić information content (AvgIpc) is 2.57. The van der Waals surface area contributed by atoms with E-state index in [4.69, 9.17) is 16.0 Å². The molecule has 2 aromatic rings. The predicted molar refractivity (Wildman–Crippen MR) is 88.6 cm³/mol. The van der Waals surface area contributed by atoms with Crippen LogP contribution in [0.3, 0.4) is 0 Å². The maximum absolute atomic E-state index is 12.1. The Morgan fingerprint density at radius 1 is 1.19 bits per heavy atom. The van der Waals surface area contributed by atoms with E-state index in [2.05, 4.69) is 5.32 Å². The fourth-order valence-electron chi connectivity index (χ4n) is 2.24. The molecule has 0 bridgehead atoms. The van der Waals surface area contributed by atoms with Crippen molar-refractivity contribution in [3.63, 3.8) is 0 Å². The number of carboxylic acids is 1. The van der Waals surface area contributed by atoms with E-state index in [0.29, 0.717) is 10.9 Å². The number of aryl methyl sites for hydroxylation is 1. The highest BCUT2D eigenvalue weighted by Gasteiger charge is 2.16. The number of carbonyl (C=O) groups excluding carboxylic acids is 3. The molecule has 1 heterocycles. The summed E-state index contributed by atoms with van der Waals surface area (Å²) in [6, 6.07) is 2.62. The quantitative estimate of drug-likeness (QED) is 0.542. The van der Waals surface area contributed by atoms with Crippen molar-refractivity contribution in [1.29, 1.82) is 0 Å². The topological polar surface area (TPSA) is 149 Å². The minimum atomic E-state index is -1.46. The fraction of sp³-hybridized carbons (Fsp3) is 0.250. The van der Waals surface area contributed by atoms with Crippen molar-refractivity contribution in [3.8, 4) is 5.75 Å². The Morgan fingerprint density at radius 3 is 2.50 bits per heavy atom. The molecule has 10 heteroatoms. The normalized spacial score (nSPS) is 10.5. The van der Waals surface area contributed by atoms with Crippen molar-refractivity contribution in [2.45, 2.75) is 13.3 Å². The van der Waals surface area contributed by atoms with Crippen LogP contribution in [0.1, 0.15) is 11.1 Å². The van der Waals surface area contributed by atoms with Gasteiger partial charge in [0.25, 0.3) is 0 Å². The van der Waals surface area contributed by atoms with Crippen LogP contribution in [-0.4, -0.2) is 36.0 Å². The number of rotatable bonds is 6. The summed E-state index contributed by atoms with van der Waals surface area (Å²) >= 11 is 5.85. The monoisotopic (exact) mass is 381 g/mol. The Morgan fingerprint density at radius 2 is 1.85 bits per heavy atom. The molecule has 1 aromatic carbocycles. The number of fused-ring (bicyclic) bond motifs is 1. The molecule has 138 valence electrons. The molecule has 0 atom stereocenters. The van der Waals surface area contributed by atoms with E-state index in [1.165, 1.54) is 12.1 Å². The van der Waals surface area contributed by atoms with Gasteiger partial charge < -0.3 is 30.1 Å². The molecule has 0 aliphatic heterocycles. The van der Waals surface area contributed by atoms with Gasteiger partial charge in [0.2, 0.25) is 11.8 Å². The first-order valence-corrected chi connectivity index (χ1v) is 7.75. The summed E-state index contributed by atoms with van der Waals surface area (Å²) in [5.74, 6) is -3.05. The third-order valence-corrected chi connectivity index (χ3v) is 3.87. The van der Waals surface area contributed by atoms with Crippen LogP contribution >= 0.6 is 11.6 Å². The number of carboxylic acid groups (broad SMARTS) is 1. The molecule has 0 aliphatic carbocycles. The number of phenolic OH excluding ortho intramolecular Hbond substituents is 1. The summed E-state index contributed by atoms with van der Waals surface area (Å²) in [6.07, 6.45) is -0.351. The van der Waals surface area contributed by atoms with E-state index < -0.39 is 36.5 Å². The summed E-state index contributed by atoms with van der Waals surface area (Å²) < 4.78 is 5.10. The average molecular weight is 382 g/mol. The second kappa shape index (κ2) is 7.87. The highest BCUT2D eigenvalue weighted by Crippen LogP contribution is 2.30. The molecule has 2 rings (SSSR count). The molecule has 0 saturated carbocycles. The second-order valence-electron chi connectivity index (χ2n) is 5.40. The van der Waals surface area contributed by atoms with E-state index in [1.54, 1.807) is 6.92 Å². The molecule has 2 amide bonds. The molecule has 26 heavy (non-hydrogen) atoms. The van der Waals surface area contributed by atoms with Crippen LogP contribution in [0.2, 0.25) is 5.02 Å². The number of carbonyl (C=O) groups is 3. The third-order valence-electron chi connectivity index (χ3n) is 3.57. The van der Waals surface area contributed by atoms with E-state index >= 15 is 0 Å². The van der Waals surface area contributed by atoms with Crippen LogP contribution in [0, 0.1) is 6.92 Å². The SMILES string of the molecule is Cc1c(CC(=O)NCC(=O)NCC(=O)[O-])c(=O)oc2cc(O)c(Cl)cc12. The zero-order chi connectivity index (χ0) is 19.4. The van der Waals surface area contributed by atoms with Gasteiger partial charge in [-0.05, 0) is 18.6 Å². The molecule has 0 unspecified atom stereocenters. The summed E-state index contributed by atoms with van der Waals surface area (Å²) in [5.41, 5.74) is -0.102. The van der Waals surface area contributed by atoms with Crippen molar-refractivity contribution in [1.82, 2.24) is 10.6 Å². The molecule has 0 saturated heterocycles. The first-order chi connectivity index (χ1) is 12.2. The fourth-order valence-corrected chi connectivity index (χ4v) is 2.40.